The van der Waals surface area contributed by atoms with Gasteiger partial charge in [-0.1, -0.05) is 0 Å². The van der Waals surface area contributed by atoms with Crippen molar-refractivity contribution in [3.05, 3.63) is 45.3 Å². The third-order valence-electron chi connectivity index (χ3n) is 4.70. The molecule has 1 aromatic heterocycles. The molecule has 0 amide bonds. The molecule has 0 unspecified atom stereocenters. The Bertz CT molecular complexity index is 914. The molecule has 0 bridgehead atoms. The van der Waals surface area contributed by atoms with Gasteiger partial charge in [-0.05, 0) is 56.1 Å². The van der Waals surface area contributed by atoms with E-state index in [1.165, 1.54) is 6.07 Å². The van der Waals surface area contributed by atoms with Gasteiger partial charge in [0.1, 0.15) is 5.58 Å². The van der Waals surface area contributed by atoms with Crippen molar-refractivity contribution in [1.82, 2.24) is 4.90 Å². The average molecular weight is 335 g/mol. The van der Waals surface area contributed by atoms with Gasteiger partial charge < -0.3 is 4.42 Å². The van der Waals surface area contributed by atoms with Crippen LogP contribution in [-0.4, -0.2) is 37.9 Å². The first-order valence-corrected chi connectivity index (χ1v) is 9.52. The van der Waals surface area contributed by atoms with E-state index in [0.29, 0.717) is 18.5 Å². The van der Waals surface area contributed by atoms with Crippen LogP contribution in [0, 0.1) is 13.8 Å². The van der Waals surface area contributed by atoms with E-state index in [9.17, 15) is 13.2 Å². The molecule has 0 spiro atoms. The SMILES string of the molecule is Cc1cc2oc(=O)cc(CN(C)[C@H]3CCS(=O)(=O)C3)c2cc1C. The molecular formula is C17H21NO4S. The molecule has 1 aromatic carbocycles. The second-order valence-electron chi connectivity index (χ2n) is 6.50. The lowest BCUT2D eigenvalue weighted by Gasteiger charge is -2.23. The van der Waals surface area contributed by atoms with Gasteiger partial charge in [-0.15, -0.1) is 0 Å². The van der Waals surface area contributed by atoms with E-state index in [1.54, 1.807) is 0 Å². The number of hydrogen-bond donors (Lipinski definition) is 0. The highest BCUT2D eigenvalue weighted by Gasteiger charge is 2.30. The van der Waals surface area contributed by atoms with Crippen LogP contribution in [0.3, 0.4) is 0 Å². The summed E-state index contributed by atoms with van der Waals surface area (Å²) in [5, 5.41) is 0.917. The molecule has 23 heavy (non-hydrogen) atoms. The van der Waals surface area contributed by atoms with Gasteiger partial charge in [0.05, 0.1) is 11.5 Å². The van der Waals surface area contributed by atoms with Crippen molar-refractivity contribution in [2.45, 2.75) is 32.9 Å². The summed E-state index contributed by atoms with van der Waals surface area (Å²) in [5.74, 6) is 0.443. The molecule has 1 aliphatic heterocycles. The number of fused-ring (bicyclic) bond motifs is 1. The fourth-order valence-corrected chi connectivity index (χ4v) is 4.94. The van der Waals surface area contributed by atoms with Crippen LogP contribution >= 0.6 is 0 Å². The molecule has 2 aromatic rings. The molecule has 124 valence electrons. The number of sulfone groups is 1. The first kappa shape index (κ1) is 16.2. The molecular weight excluding hydrogens is 314 g/mol. The lowest BCUT2D eigenvalue weighted by atomic mass is 10.0. The number of benzene rings is 1. The molecule has 0 saturated carbocycles. The standard InChI is InChI=1S/C17H21NO4S/c1-11-6-15-13(8-17(19)22-16(15)7-12(11)2)9-18(3)14-4-5-23(20,21)10-14/h6-8,14H,4-5,9-10H2,1-3H3/t14-/m0/s1. The Balaban J connectivity index is 1.96. The second-order valence-corrected chi connectivity index (χ2v) is 8.72. The Morgan fingerprint density at radius 3 is 2.57 bits per heavy atom. The summed E-state index contributed by atoms with van der Waals surface area (Å²) < 4.78 is 28.6. The van der Waals surface area contributed by atoms with E-state index < -0.39 is 9.84 Å². The van der Waals surface area contributed by atoms with Gasteiger partial charge in [-0.25, -0.2) is 13.2 Å². The fraction of sp³-hybridized carbons (Fsp3) is 0.471. The van der Waals surface area contributed by atoms with Gasteiger partial charge in [0.2, 0.25) is 0 Å². The fourth-order valence-electron chi connectivity index (χ4n) is 3.13. The van der Waals surface area contributed by atoms with E-state index in [1.807, 2.05) is 37.9 Å². The predicted octanol–water partition coefficient (Wildman–Crippen LogP) is 2.03. The molecule has 0 N–H and O–H groups in total. The zero-order valence-electron chi connectivity index (χ0n) is 13.6. The minimum Gasteiger partial charge on any atom is -0.423 e. The van der Waals surface area contributed by atoms with E-state index >= 15 is 0 Å². The predicted molar refractivity (Wildman–Crippen MR) is 90.5 cm³/mol. The largest absolute Gasteiger partial charge is 0.423 e. The summed E-state index contributed by atoms with van der Waals surface area (Å²) in [6, 6.07) is 5.43. The molecule has 1 saturated heterocycles. The quantitative estimate of drug-likeness (QED) is 0.803. The van der Waals surface area contributed by atoms with E-state index in [0.717, 1.165) is 22.1 Å². The summed E-state index contributed by atoms with van der Waals surface area (Å²) in [7, 11) is -1.01. The lowest BCUT2D eigenvalue weighted by molar-refractivity contribution is 0.254. The van der Waals surface area contributed by atoms with E-state index in [4.69, 9.17) is 4.42 Å². The maximum absolute atomic E-state index is 11.8. The van der Waals surface area contributed by atoms with Crippen LogP contribution in [0.4, 0.5) is 0 Å². The van der Waals surface area contributed by atoms with Crippen LogP contribution in [0.5, 0.6) is 0 Å². The maximum atomic E-state index is 11.8. The number of hydrogen-bond acceptors (Lipinski definition) is 5. The summed E-state index contributed by atoms with van der Waals surface area (Å²) in [5.41, 5.74) is 3.31. The topological polar surface area (TPSA) is 67.6 Å². The van der Waals surface area contributed by atoms with Crippen molar-refractivity contribution in [2.75, 3.05) is 18.6 Å². The first-order chi connectivity index (χ1) is 10.7. The van der Waals surface area contributed by atoms with Crippen molar-refractivity contribution in [3.63, 3.8) is 0 Å². The van der Waals surface area contributed by atoms with Gasteiger partial charge in [0.15, 0.2) is 9.84 Å². The van der Waals surface area contributed by atoms with Crippen molar-refractivity contribution >= 4 is 20.8 Å². The van der Waals surface area contributed by atoms with Crippen molar-refractivity contribution < 1.29 is 12.8 Å². The average Bonchev–Trinajstić information content (AvgIpc) is 2.81. The van der Waals surface area contributed by atoms with Gasteiger partial charge in [-0.3, -0.25) is 4.90 Å². The van der Waals surface area contributed by atoms with Crippen molar-refractivity contribution in [3.8, 4) is 0 Å². The number of nitrogens with zero attached hydrogens (tertiary/aromatic N) is 1. The Morgan fingerprint density at radius 1 is 1.22 bits per heavy atom. The molecule has 3 rings (SSSR count). The van der Waals surface area contributed by atoms with Crippen LogP contribution in [0.1, 0.15) is 23.1 Å². The minimum atomic E-state index is -2.92. The monoisotopic (exact) mass is 335 g/mol. The van der Waals surface area contributed by atoms with Crippen LogP contribution in [0.25, 0.3) is 11.0 Å². The summed E-state index contributed by atoms with van der Waals surface area (Å²) in [4.78, 5) is 13.8. The maximum Gasteiger partial charge on any atom is 0.336 e. The Morgan fingerprint density at radius 2 is 1.91 bits per heavy atom. The summed E-state index contributed by atoms with van der Waals surface area (Å²) >= 11 is 0. The third-order valence-corrected chi connectivity index (χ3v) is 6.45. The highest BCUT2D eigenvalue weighted by molar-refractivity contribution is 7.91. The van der Waals surface area contributed by atoms with Gasteiger partial charge >= 0.3 is 5.63 Å². The number of aryl methyl sites for hydroxylation is 2. The summed E-state index contributed by atoms with van der Waals surface area (Å²) in [6.07, 6.45) is 0.649. The first-order valence-electron chi connectivity index (χ1n) is 7.70. The van der Waals surface area contributed by atoms with E-state index in [2.05, 4.69) is 0 Å². The van der Waals surface area contributed by atoms with Gasteiger partial charge in [0.25, 0.3) is 0 Å². The van der Waals surface area contributed by atoms with Crippen molar-refractivity contribution in [1.29, 1.82) is 0 Å². The Hall–Kier alpha value is -1.66. The van der Waals surface area contributed by atoms with Crippen LogP contribution in [0.15, 0.2) is 27.4 Å². The Labute approximate surface area is 135 Å². The highest BCUT2D eigenvalue weighted by atomic mass is 32.2. The normalized spacial score (nSPS) is 20.4. The number of rotatable bonds is 3. The Kier molecular flexibility index (Phi) is 4.06. The van der Waals surface area contributed by atoms with Gasteiger partial charge in [-0.2, -0.15) is 0 Å². The molecule has 6 heteroatoms. The zero-order valence-corrected chi connectivity index (χ0v) is 14.4. The van der Waals surface area contributed by atoms with Crippen LogP contribution < -0.4 is 5.63 Å². The second kappa shape index (κ2) is 5.76. The highest BCUT2D eigenvalue weighted by Crippen LogP contribution is 2.24. The smallest absolute Gasteiger partial charge is 0.336 e. The van der Waals surface area contributed by atoms with Crippen molar-refractivity contribution in [2.24, 2.45) is 0 Å². The molecule has 1 aliphatic rings. The molecule has 2 heterocycles. The molecule has 5 nitrogen and oxygen atoms in total. The zero-order chi connectivity index (χ0) is 16.8. The van der Waals surface area contributed by atoms with E-state index in [-0.39, 0.29) is 23.2 Å². The van der Waals surface area contributed by atoms with Gasteiger partial charge in [0, 0.05) is 24.0 Å². The lowest BCUT2D eigenvalue weighted by Crippen LogP contribution is -2.32. The molecule has 0 radical (unpaired) electrons. The molecule has 1 atom stereocenters. The molecule has 0 aliphatic carbocycles. The minimum absolute atomic E-state index is 0.00819. The molecule has 1 fully saturated rings. The summed E-state index contributed by atoms with van der Waals surface area (Å²) in [6.45, 7) is 4.54. The van der Waals surface area contributed by atoms with Crippen LogP contribution in [0.2, 0.25) is 0 Å². The van der Waals surface area contributed by atoms with Crippen LogP contribution in [-0.2, 0) is 16.4 Å². The third kappa shape index (κ3) is 3.33.